The van der Waals surface area contributed by atoms with Gasteiger partial charge in [-0.05, 0) is 36.8 Å². The van der Waals surface area contributed by atoms with Crippen molar-refractivity contribution in [2.75, 3.05) is 31.0 Å². The van der Waals surface area contributed by atoms with Gasteiger partial charge in [0.1, 0.15) is 11.5 Å². The molecule has 0 aliphatic carbocycles. The minimum Gasteiger partial charge on any atom is -0.497 e. The van der Waals surface area contributed by atoms with Crippen LogP contribution in [0.25, 0.3) is 0 Å². The van der Waals surface area contributed by atoms with Crippen molar-refractivity contribution >= 4 is 34.8 Å². The first-order valence-electron chi connectivity index (χ1n) is 8.52. The Morgan fingerprint density at radius 3 is 2.67 bits per heavy atom. The number of rotatable bonds is 5. The molecule has 142 valence electrons. The fraction of sp³-hybridized carbons (Fsp3) is 0.300. The summed E-state index contributed by atoms with van der Waals surface area (Å²) < 4.78 is 10.6. The molecule has 1 N–H and O–H groups in total. The van der Waals surface area contributed by atoms with Gasteiger partial charge in [-0.3, -0.25) is 9.59 Å². The van der Waals surface area contributed by atoms with Crippen LogP contribution in [-0.4, -0.2) is 32.6 Å². The van der Waals surface area contributed by atoms with Crippen molar-refractivity contribution in [2.45, 2.75) is 13.3 Å². The lowest BCUT2D eigenvalue weighted by atomic mass is 10.1. The Morgan fingerprint density at radius 1 is 1.19 bits per heavy atom. The molecule has 1 fully saturated rings. The predicted molar refractivity (Wildman–Crippen MR) is 105 cm³/mol. The smallest absolute Gasteiger partial charge is 0.229 e. The SMILES string of the molecule is COc1ccc(N2C[C@H](C(=O)Nc3cc(Cl)ccc3C)CC2=O)c(OC)c1. The molecule has 0 bridgehead atoms. The summed E-state index contributed by atoms with van der Waals surface area (Å²) >= 11 is 6.01. The van der Waals surface area contributed by atoms with E-state index in [1.165, 1.54) is 7.11 Å². The van der Waals surface area contributed by atoms with E-state index in [-0.39, 0.29) is 24.8 Å². The van der Waals surface area contributed by atoms with E-state index >= 15 is 0 Å². The summed E-state index contributed by atoms with van der Waals surface area (Å²) in [5.74, 6) is 0.371. The number of amides is 2. The van der Waals surface area contributed by atoms with Crippen LogP contribution in [0, 0.1) is 12.8 Å². The Morgan fingerprint density at radius 2 is 1.96 bits per heavy atom. The van der Waals surface area contributed by atoms with E-state index in [0.717, 1.165) is 5.56 Å². The summed E-state index contributed by atoms with van der Waals surface area (Å²) in [6, 6.07) is 10.5. The fourth-order valence-electron chi connectivity index (χ4n) is 3.09. The molecular formula is C20H21ClN2O4. The molecule has 2 aromatic rings. The number of ether oxygens (including phenoxy) is 2. The van der Waals surface area contributed by atoms with Gasteiger partial charge in [0.15, 0.2) is 0 Å². The Bertz CT molecular complexity index is 884. The number of hydrogen-bond donors (Lipinski definition) is 1. The Kier molecular flexibility index (Phi) is 5.56. The van der Waals surface area contributed by atoms with E-state index in [1.54, 1.807) is 42.3 Å². The lowest BCUT2D eigenvalue weighted by Gasteiger charge is -2.20. The van der Waals surface area contributed by atoms with Crippen LogP contribution >= 0.6 is 11.6 Å². The maximum absolute atomic E-state index is 12.7. The van der Waals surface area contributed by atoms with Crippen molar-refractivity contribution in [1.82, 2.24) is 0 Å². The normalized spacial score (nSPS) is 16.4. The highest BCUT2D eigenvalue weighted by Crippen LogP contribution is 2.36. The minimum atomic E-state index is -0.456. The average Bonchev–Trinajstić information content (AvgIpc) is 3.05. The largest absolute Gasteiger partial charge is 0.497 e. The quantitative estimate of drug-likeness (QED) is 0.848. The molecule has 0 spiro atoms. The predicted octanol–water partition coefficient (Wildman–Crippen LogP) is 3.66. The van der Waals surface area contributed by atoms with Crippen LogP contribution in [0.5, 0.6) is 11.5 Å². The lowest BCUT2D eigenvalue weighted by molar-refractivity contribution is -0.122. The second kappa shape index (κ2) is 7.88. The second-order valence-corrected chi connectivity index (χ2v) is 6.83. The molecule has 0 unspecified atom stereocenters. The van der Waals surface area contributed by atoms with E-state index in [1.807, 2.05) is 13.0 Å². The number of aryl methyl sites for hydroxylation is 1. The third-order valence-electron chi connectivity index (χ3n) is 4.63. The average molecular weight is 389 g/mol. The molecule has 0 radical (unpaired) electrons. The van der Waals surface area contributed by atoms with Gasteiger partial charge in [-0.25, -0.2) is 0 Å². The molecule has 2 aromatic carbocycles. The summed E-state index contributed by atoms with van der Waals surface area (Å²) in [5.41, 5.74) is 2.18. The molecule has 1 atom stereocenters. The molecule has 1 saturated heterocycles. The Labute approximate surface area is 163 Å². The molecule has 1 heterocycles. The number of hydrogen-bond acceptors (Lipinski definition) is 4. The number of nitrogens with zero attached hydrogens (tertiary/aromatic N) is 1. The highest BCUT2D eigenvalue weighted by atomic mass is 35.5. The van der Waals surface area contributed by atoms with Gasteiger partial charge in [0.2, 0.25) is 11.8 Å². The fourth-order valence-corrected chi connectivity index (χ4v) is 3.26. The van der Waals surface area contributed by atoms with Gasteiger partial charge in [0, 0.05) is 29.7 Å². The van der Waals surface area contributed by atoms with Gasteiger partial charge < -0.3 is 19.7 Å². The number of methoxy groups -OCH3 is 2. The summed E-state index contributed by atoms with van der Waals surface area (Å²) in [6.07, 6.45) is 0.140. The first-order valence-corrected chi connectivity index (χ1v) is 8.90. The van der Waals surface area contributed by atoms with Crippen LogP contribution in [0.4, 0.5) is 11.4 Å². The zero-order chi connectivity index (χ0) is 19.6. The topological polar surface area (TPSA) is 67.9 Å². The third kappa shape index (κ3) is 4.01. The number of carbonyl (C=O) groups is 2. The molecule has 1 aliphatic heterocycles. The van der Waals surface area contributed by atoms with Crippen LogP contribution in [-0.2, 0) is 9.59 Å². The molecular weight excluding hydrogens is 368 g/mol. The number of nitrogens with one attached hydrogen (secondary N) is 1. The van der Waals surface area contributed by atoms with Crippen LogP contribution in [0.15, 0.2) is 36.4 Å². The lowest BCUT2D eigenvalue weighted by Crippen LogP contribution is -2.28. The number of anilines is 2. The van der Waals surface area contributed by atoms with Gasteiger partial charge >= 0.3 is 0 Å². The van der Waals surface area contributed by atoms with Crippen LogP contribution in [0.2, 0.25) is 5.02 Å². The van der Waals surface area contributed by atoms with E-state index in [0.29, 0.717) is 27.9 Å². The van der Waals surface area contributed by atoms with Gasteiger partial charge in [0.25, 0.3) is 0 Å². The first-order chi connectivity index (χ1) is 12.9. The molecule has 2 amide bonds. The Balaban J connectivity index is 1.77. The van der Waals surface area contributed by atoms with Gasteiger partial charge in [-0.2, -0.15) is 0 Å². The van der Waals surface area contributed by atoms with E-state index in [9.17, 15) is 9.59 Å². The molecule has 0 saturated carbocycles. The molecule has 27 heavy (non-hydrogen) atoms. The summed E-state index contributed by atoms with van der Waals surface area (Å²) in [6.45, 7) is 2.17. The van der Waals surface area contributed by atoms with Crippen molar-refractivity contribution in [2.24, 2.45) is 5.92 Å². The summed E-state index contributed by atoms with van der Waals surface area (Å²) in [5, 5.41) is 3.42. The number of carbonyl (C=O) groups excluding carboxylic acids is 2. The number of halogens is 1. The monoisotopic (exact) mass is 388 g/mol. The maximum Gasteiger partial charge on any atom is 0.229 e. The van der Waals surface area contributed by atoms with E-state index in [4.69, 9.17) is 21.1 Å². The third-order valence-corrected chi connectivity index (χ3v) is 4.87. The van der Waals surface area contributed by atoms with E-state index < -0.39 is 5.92 Å². The molecule has 1 aliphatic rings. The Hall–Kier alpha value is -2.73. The molecule has 6 nitrogen and oxygen atoms in total. The van der Waals surface area contributed by atoms with Crippen LogP contribution < -0.4 is 19.7 Å². The summed E-state index contributed by atoms with van der Waals surface area (Å²) in [7, 11) is 3.10. The van der Waals surface area contributed by atoms with Gasteiger partial charge in [-0.15, -0.1) is 0 Å². The van der Waals surface area contributed by atoms with Crippen LogP contribution in [0.3, 0.4) is 0 Å². The standard InChI is InChI=1S/C20H21ClN2O4/c1-12-4-5-14(21)9-16(12)22-20(25)13-8-19(24)23(11-13)17-7-6-15(26-2)10-18(17)27-3/h4-7,9-10,13H,8,11H2,1-3H3,(H,22,25)/t13-/m1/s1. The zero-order valence-electron chi connectivity index (χ0n) is 15.4. The molecule has 0 aromatic heterocycles. The number of benzene rings is 2. The highest BCUT2D eigenvalue weighted by molar-refractivity contribution is 6.31. The minimum absolute atomic E-state index is 0.124. The van der Waals surface area contributed by atoms with Gasteiger partial charge in [-0.1, -0.05) is 17.7 Å². The molecule has 7 heteroatoms. The van der Waals surface area contributed by atoms with Crippen molar-refractivity contribution in [3.8, 4) is 11.5 Å². The maximum atomic E-state index is 12.7. The zero-order valence-corrected chi connectivity index (χ0v) is 16.2. The van der Waals surface area contributed by atoms with Crippen molar-refractivity contribution in [1.29, 1.82) is 0 Å². The van der Waals surface area contributed by atoms with Gasteiger partial charge in [0.05, 0.1) is 25.8 Å². The van der Waals surface area contributed by atoms with Crippen LogP contribution in [0.1, 0.15) is 12.0 Å². The van der Waals surface area contributed by atoms with E-state index in [2.05, 4.69) is 5.32 Å². The molecule has 3 rings (SSSR count). The van der Waals surface area contributed by atoms with Crippen molar-refractivity contribution in [3.63, 3.8) is 0 Å². The van der Waals surface area contributed by atoms with Crippen molar-refractivity contribution < 1.29 is 19.1 Å². The highest BCUT2D eigenvalue weighted by Gasteiger charge is 2.36. The second-order valence-electron chi connectivity index (χ2n) is 6.39. The summed E-state index contributed by atoms with van der Waals surface area (Å²) in [4.78, 5) is 26.8. The first kappa shape index (κ1) is 19.0. The van der Waals surface area contributed by atoms with Crippen molar-refractivity contribution in [3.05, 3.63) is 47.0 Å².